The van der Waals surface area contributed by atoms with E-state index in [0.29, 0.717) is 11.5 Å². The molecule has 0 bridgehead atoms. The van der Waals surface area contributed by atoms with Crippen molar-refractivity contribution in [1.82, 2.24) is 5.32 Å². The van der Waals surface area contributed by atoms with Gasteiger partial charge in [-0.15, -0.1) is 0 Å². The molecule has 0 amide bonds. The van der Waals surface area contributed by atoms with Crippen molar-refractivity contribution in [3.63, 3.8) is 0 Å². The monoisotopic (exact) mass is 210 g/mol. The molecule has 1 heterocycles. The van der Waals surface area contributed by atoms with Gasteiger partial charge < -0.3 is 5.32 Å². The highest BCUT2D eigenvalue weighted by molar-refractivity contribution is 5.49. The van der Waals surface area contributed by atoms with Crippen molar-refractivity contribution in [2.24, 2.45) is 5.92 Å². The minimum atomic E-state index is 0.391. The smallest absolute Gasteiger partial charge is 0.0991 e. The van der Waals surface area contributed by atoms with Crippen LogP contribution in [0.4, 0.5) is 0 Å². The molecule has 0 aromatic heterocycles. The van der Waals surface area contributed by atoms with Gasteiger partial charge in [-0.25, -0.2) is 0 Å². The maximum atomic E-state index is 8.95. The Morgan fingerprint density at radius 1 is 1.44 bits per heavy atom. The molecule has 0 spiro atoms. The van der Waals surface area contributed by atoms with Crippen molar-refractivity contribution < 1.29 is 0 Å². The first-order valence-corrected chi connectivity index (χ1v) is 6.02. The second-order valence-electron chi connectivity index (χ2n) is 5.71. The van der Waals surface area contributed by atoms with Crippen molar-refractivity contribution in [1.29, 1.82) is 5.26 Å². The summed E-state index contributed by atoms with van der Waals surface area (Å²) in [6.07, 6.45) is 2.38. The second-order valence-corrected chi connectivity index (χ2v) is 5.71. The summed E-state index contributed by atoms with van der Waals surface area (Å²) in [7, 11) is 0. The van der Waals surface area contributed by atoms with E-state index in [0.717, 1.165) is 23.9 Å². The van der Waals surface area contributed by atoms with Crippen LogP contribution in [0.5, 0.6) is 0 Å². The van der Waals surface area contributed by atoms with Gasteiger partial charge in [0.15, 0.2) is 0 Å². The molecule has 1 N–H and O–H groups in total. The van der Waals surface area contributed by atoms with Gasteiger partial charge >= 0.3 is 0 Å². The van der Waals surface area contributed by atoms with Crippen LogP contribution in [0.3, 0.4) is 0 Å². The first kappa shape index (κ1) is 8.78. The van der Waals surface area contributed by atoms with Gasteiger partial charge in [0.2, 0.25) is 0 Å². The van der Waals surface area contributed by atoms with Crippen LogP contribution in [0.1, 0.15) is 30.0 Å². The van der Waals surface area contributed by atoms with E-state index in [1.807, 2.05) is 6.07 Å². The summed E-state index contributed by atoms with van der Waals surface area (Å²) >= 11 is 0. The molecule has 4 atom stereocenters. The van der Waals surface area contributed by atoms with Crippen LogP contribution < -0.4 is 5.32 Å². The number of hydrogen-bond donors (Lipinski definition) is 1. The van der Waals surface area contributed by atoms with Crippen molar-refractivity contribution in [3.05, 3.63) is 34.9 Å². The maximum absolute atomic E-state index is 8.95. The number of nitrogens with one attached hydrogen (secondary N) is 1. The van der Waals surface area contributed by atoms with Crippen LogP contribution in [0, 0.1) is 17.2 Å². The average molecular weight is 210 g/mol. The SMILES string of the molecule is C[C@]12CC3NC(Cc4cc(C#N)ccc41)[C@H]32. The maximum Gasteiger partial charge on any atom is 0.0991 e. The Balaban J connectivity index is 1.89. The van der Waals surface area contributed by atoms with Gasteiger partial charge in [-0.05, 0) is 42.0 Å². The lowest BCUT2D eigenvalue weighted by Crippen LogP contribution is -2.78. The van der Waals surface area contributed by atoms with Gasteiger partial charge in [0.1, 0.15) is 0 Å². The van der Waals surface area contributed by atoms with Gasteiger partial charge in [0.05, 0.1) is 11.6 Å². The molecule has 1 saturated heterocycles. The van der Waals surface area contributed by atoms with Crippen LogP contribution in [0.15, 0.2) is 18.2 Å². The Labute approximate surface area is 95.3 Å². The molecular weight excluding hydrogens is 196 g/mol. The average Bonchev–Trinajstić information content (AvgIpc) is 2.23. The van der Waals surface area contributed by atoms with Gasteiger partial charge in [-0.3, -0.25) is 0 Å². The highest BCUT2D eigenvalue weighted by Gasteiger charge is 2.63. The normalized spacial score (nSPS) is 42.1. The third-order valence-corrected chi connectivity index (χ3v) is 4.96. The van der Waals surface area contributed by atoms with E-state index < -0.39 is 0 Å². The Morgan fingerprint density at radius 2 is 2.31 bits per heavy atom. The molecule has 1 aromatic rings. The molecule has 16 heavy (non-hydrogen) atoms. The van der Waals surface area contributed by atoms with E-state index in [4.69, 9.17) is 5.26 Å². The van der Waals surface area contributed by atoms with Crippen molar-refractivity contribution in [3.8, 4) is 6.07 Å². The predicted molar refractivity (Wildman–Crippen MR) is 61.0 cm³/mol. The third-order valence-electron chi connectivity index (χ3n) is 4.96. The molecule has 0 radical (unpaired) electrons. The molecule has 2 heteroatoms. The Kier molecular flexibility index (Phi) is 1.37. The molecule has 80 valence electrons. The number of nitrogens with zero attached hydrogens (tertiary/aromatic N) is 1. The van der Waals surface area contributed by atoms with E-state index in [1.165, 1.54) is 17.5 Å². The van der Waals surface area contributed by atoms with Gasteiger partial charge in [-0.1, -0.05) is 13.0 Å². The fourth-order valence-corrected chi connectivity index (χ4v) is 4.25. The van der Waals surface area contributed by atoms with E-state index >= 15 is 0 Å². The van der Waals surface area contributed by atoms with Gasteiger partial charge in [0, 0.05) is 17.5 Å². The van der Waals surface area contributed by atoms with Crippen LogP contribution in [0.25, 0.3) is 0 Å². The molecule has 4 rings (SSSR count). The van der Waals surface area contributed by atoms with E-state index in [2.05, 4.69) is 30.4 Å². The summed E-state index contributed by atoms with van der Waals surface area (Å²) in [6.45, 7) is 2.39. The summed E-state index contributed by atoms with van der Waals surface area (Å²) in [4.78, 5) is 0. The molecule has 2 fully saturated rings. The summed E-state index contributed by atoms with van der Waals surface area (Å²) in [5, 5.41) is 12.6. The zero-order chi connectivity index (χ0) is 10.9. The number of rotatable bonds is 0. The zero-order valence-electron chi connectivity index (χ0n) is 9.33. The first-order valence-electron chi connectivity index (χ1n) is 6.02. The van der Waals surface area contributed by atoms with Crippen LogP contribution >= 0.6 is 0 Å². The summed E-state index contributed by atoms with van der Waals surface area (Å²) < 4.78 is 0. The summed E-state index contributed by atoms with van der Waals surface area (Å²) in [5.74, 6) is 0.855. The van der Waals surface area contributed by atoms with Crippen LogP contribution in [0.2, 0.25) is 0 Å². The predicted octanol–water partition coefficient (Wildman–Crippen LogP) is 1.73. The van der Waals surface area contributed by atoms with E-state index in [-0.39, 0.29) is 0 Å². The lowest BCUT2D eigenvalue weighted by Gasteiger charge is -2.68. The standard InChI is InChI=1S/C14H14N2/c1-14-6-12-13(14)11(16-12)5-9-4-8(7-15)2-3-10(9)14/h2-4,11-13,16H,5-6H2,1H3/t11?,12?,13-,14+/m1/s1. The number of fused-ring (bicyclic) bond motifs is 2. The van der Waals surface area contributed by atoms with Crippen molar-refractivity contribution >= 4 is 0 Å². The van der Waals surface area contributed by atoms with Crippen LogP contribution in [-0.4, -0.2) is 12.1 Å². The third kappa shape index (κ3) is 0.792. The Morgan fingerprint density at radius 3 is 3.06 bits per heavy atom. The molecular formula is C14H14N2. The lowest BCUT2D eigenvalue weighted by atomic mass is 9.44. The highest BCUT2D eigenvalue weighted by Crippen LogP contribution is 2.59. The Hall–Kier alpha value is -1.33. The molecule has 2 unspecified atom stereocenters. The zero-order valence-corrected chi connectivity index (χ0v) is 9.33. The molecule has 2 aliphatic carbocycles. The summed E-state index contributed by atoms with van der Waals surface area (Å²) in [6, 6.07) is 9.95. The van der Waals surface area contributed by atoms with Crippen molar-refractivity contribution in [2.75, 3.05) is 0 Å². The molecule has 1 aromatic carbocycles. The van der Waals surface area contributed by atoms with Gasteiger partial charge in [-0.2, -0.15) is 5.26 Å². The number of hydrogen-bond acceptors (Lipinski definition) is 2. The summed E-state index contributed by atoms with van der Waals surface area (Å²) in [5.41, 5.74) is 4.09. The minimum absolute atomic E-state index is 0.391. The number of piperidine rings is 1. The minimum Gasteiger partial charge on any atom is -0.310 e. The van der Waals surface area contributed by atoms with E-state index in [9.17, 15) is 0 Å². The van der Waals surface area contributed by atoms with Gasteiger partial charge in [0.25, 0.3) is 0 Å². The first-order chi connectivity index (χ1) is 7.72. The fraction of sp³-hybridized carbons (Fsp3) is 0.500. The number of nitriles is 1. The molecule has 3 aliphatic rings. The second kappa shape index (κ2) is 2.49. The molecule has 2 nitrogen and oxygen atoms in total. The highest BCUT2D eigenvalue weighted by atomic mass is 15.1. The van der Waals surface area contributed by atoms with Crippen LogP contribution in [-0.2, 0) is 11.8 Å². The Bertz CT molecular complexity index is 528. The molecule has 1 saturated carbocycles. The topological polar surface area (TPSA) is 35.8 Å². The number of benzene rings is 1. The molecule has 1 aliphatic heterocycles. The largest absolute Gasteiger partial charge is 0.310 e. The van der Waals surface area contributed by atoms with Crippen molar-refractivity contribution in [2.45, 2.75) is 37.3 Å². The quantitative estimate of drug-likeness (QED) is 0.708. The fourth-order valence-electron chi connectivity index (χ4n) is 4.25. The van der Waals surface area contributed by atoms with E-state index in [1.54, 1.807) is 0 Å². The lowest BCUT2D eigenvalue weighted by molar-refractivity contribution is -0.0584.